The zero-order chi connectivity index (χ0) is 4.50. The Hall–Kier alpha value is 2.85. The van der Waals surface area contributed by atoms with Crippen molar-refractivity contribution in [2.24, 2.45) is 0 Å². The predicted octanol–water partition coefficient (Wildman–Crippen LogP) is -5.82. The molecule has 0 fully saturated rings. The summed E-state index contributed by atoms with van der Waals surface area (Å²) >= 11 is 0. The van der Waals surface area contributed by atoms with Gasteiger partial charge in [0, 0.05) is 0 Å². The largest absolute Gasteiger partial charge is 3.00 e. The third-order valence-electron chi connectivity index (χ3n) is 0. The number of rotatable bonds is 0. The Labute approximate surface area is 109 Å². The van der Waals surface area contributed by atoms with Crippen LogP contribution in [-0.4, -0.2) is 0 Å². The molecule has 0 amide bonds. The second-order valence-corrected chi connectivity index (χ2v) is 1.34. The molecule has 32 valence electrons. The van der Waals surface area contributed by atoms with E-state index in [9.17, 15) is 0 Å². The van der Waals surface area contributed by atoms with Gasteiger partial charge in [0.05, 0.1) is 0 Å². The van der Waals surface area contributed by atoms with E-state index in [-0.39, 0.29) is 84.1 Å². The molecule has 7 heavy (non-hydrogen) atoms. The second-order valence-electron chi connectivity index (χ2n) is 0.447. The van der Waals surface area contributed by atoms with Crippen molar-refractivity contribution in [3.63, 3.8) is 0 Å². The Morgan fingerprint density at radius 3 is 1.14 bits per heavy atom. The first-order valence-corrected chi connectivity index (χ1v) is 2.19. The summed E-state index contributed by atoms with van der Waals surface area (Å²) in [5.74, 6) is 0. The van der Waals surface area contributed by atoms with E-state index in [1.54, 1.807) is 0 Å². The summed E-state index contributed by atoms with van der Waals surface area (Å²) in [6.07, 6.45) is 0. The molecular formula is KO4PY+. The Morgan fingerprint density at radius 1 is 1.14 bits per heavy atom. The van der Waals surface area contributed by atoms with Gasteiger partial charge in [0.1, 0.15) is 0 Å². The SMILES string of the molecule is O=P([O-])([O-])[O-].[K+].[Y+3]. The van der Waals surface area contributed by atoms with Gasteiger partial charge in [-0.05, 0) is 0 Å². The van der Waals surface area contributed by atoms with E-state index in [0.29, 0.717) is 0 Å². The van der Waals surface area contributed by atoms with Crippen LogP contribution < -0.4 is 66.1 Å². The van der Waals surface area contributed by atoms with Crippen molar-refractivity contribution in [2.45, 2.75) is 0 Å². The minimum atomic E-state index is -5.39. The van der Waals surface area contributed by atoms with Gasteiger partial charge in [0.25, 0.3) is 0 Å². The van der Waals surface area contributed by atoms with Gasteiger partial charge < -0.3 is 19.2 Å². The molecule has 0 bridgehead atoms. The average Bonchev–Trinajstić information content (AvgIpc) is 0.722. The summed E-state index contributed by atoms with van der Waals surface area (Å²) in [6, 6.07) is 0. The fourth-order valence-electron chi connectivity index (χ4n) is 0. The molecule has 0 spiro atoms. The molecule has 0 unspecified atom stereocenters. The molecule has 0 aliphatic carbocycles. The van der Waals surface area contributed by atoms with Gasteiger partial charge >= 0.3 is 84.1 Å². The van der Waals surface area contributed by atoms with Crippen molar-refractivity contribution in [1.29, 1.82) is 0 Å². The van der Waals surface area contributed by atoms with Gasteiger partial charge in [0.15, 0.2) is 0 Å². The molecule has 0 aromatic carbocycles. The van der Waals surface area contributed by atoms with Gasteiger partial charge in [-0.25, -0.2) is 0 Å². The van der Waals surface area contributed by atoms with Gasteiger partial charge in [-0.1, -0.05) is 0 Å². The predicted molar refractivity (Wildman–Crippen MR) is 7.61 cm³/mol. The molecular weight excluding hydrogens is 223 g/mol. The van der Waals surface area contributed by atoms with E-state index in [4.69, 9.17) is 19.2 Å². The maximum Gasteiger partial charge on any atom is 3.00 e. The van der Waals surface area contributed by atoms with Crippen LogP contribution in [-0.2, 0) is 37.3 Å². The molecule has 7 heteroatoms. The molecule has 0 saturated carbocycles. The molecule has 0 rings (SSSR count). The Bertz CT molecular complexity index is 57.8. The van der Waals surface area contributed by atoms with Gasteiger partial charge in [-0.3, -0.25) is 0 Å². The van der Waals surface area contributed by atoms with E-state index >= 15 is 0 Å². The van der Waals surface area contributed by atoms with E-state index in [2.05, 4.69) is 0 Å². The van der Waals surface area contributed by atoms with Crippen LogP contribution in [0.25, 0.3) is 0 Å². The molecule has 0 aromatic heterocycles. The van der Waals surface area contributed by atoms with E-state index in [1.807, 2.05) is 0 Å². The third-order valence-corrected chi connectivity index (χ3v) is 0. The van der Waals surface area contributed by atoms with Crippen molar-refractivity contribution in [1.82, 2.24) is 0 Å². The van der Waals surface area contributed by atoms with Crippen molar-refractivity contribution in [2.75, 3.05) is 0 Å². The van der Waals surface area contributed by atoms with E-state index in [0.717, 1.165) is 0 Å². The van der Waals surface area contributed by atoms with Crippen LogP contribution in [0.5, 0.6) is 0 Å². The van der Waals surface area contributed by atoms with E-state index in [1.165, 1.54) is 0 Å². The van der Waals surface area contributed by atoms with Gasteiger partial charge in [0.2, 0.25) is 0 Å². The van der Waals surface area contributed by atoms with Crippen LogP contribution in [0.15, 0.2) is 0 Å². The molecule has 0 N–H and O–H groups in total. The third kappa shape index (κ3) is 51.1. The van der Waals surface area contributed by atoms with Crippen molar-refractivity contribution < 1.29 is 103 Å². The fraction of sp³-hybridized carbons (Fsp3) is 0. The first-order chi connectivity index (χ1) is 2.00. The molecule has 0 aliphatic rings. The minimum Gasteiger partial charge on any atom is -0.822 e. The minimum absolute atomic E-state index is 0. The first-order valence-electron chi connectivity index (χ1n) is 0.730. The maximum absolute atomic E-state index is 8.55. The Balaban J connectivity index is -0.0000000800. The smallest absolute Gasteiger partial charge is 0.822 e. The topological polar surface area (TPSA) is 86.2 Å². The summed E-state index contributed by atoms with van der Waals surface area (Å²) in [4.78, 5) is 25.6. The molecule has 0 aromatic rings. The molecule has 0 radical (unpaired) electrons. The maximum atomic E-state index is 8.55. The molecule has 0 saturated heterocycles. The van der Waals surface area contributed by atoms with Crippen LogP contribution in [0.4, 0.5) is 0 Å². The van der Waals surface area contributed by atoms with Crippen molar-refractivity contribution in [3.05, 3.63) is 0 Å². The first kappa shape index (κ1) is 16.4. The molecule has 0 aliphatic heterocycles. The summed E-state index contributed by atoms with van der Waals surface area (Å²) in [7, 11) is -5.39. The number of hydrogen-bond donors (Lipinski definition) is 0. The van der Waals surface area contributed by atoms with Crippen molar-refractivity contribution >= 4 is 7.82 Å². The molecule has 0 heterocycles. The number of hydrogen-bond acceptors (Lipinski definition) is 4. The quantitative estimate of drug-likeness (QED) is 0.302. The fourth-order valence-corrected chi connectivity index (χ4v) is 0. The monoisotopic (exact) mass is 223 g/mol. The van der Waals surface area contributed by atoms with E-state index < -0.39 is 7.82 Å². The van der Waals surface area contributed by atoms with Crippen LogP contribution in [0, 0.1) is 0 Å². The Kier molecular flexibility index (Phi) is 16.4. The van der Waals surface area contributed by atoms with Crippen LogP contribution >= 0.6 is 7.82 Å². The van der Waals surface area contributed by atoms with Crippen LogP contribution in [0.2, 0.25) is 0 Å². The summed E-state index contributed by atoms with van der Waals surface area (Å²) < 4.78 is 8.55. The Morgan fingerprint density at radius 2 is 1.14 bits per heavy atom. The average molecular weight is 223 g/mol. The summed E-state index contributed by atoms with van der Waals surface area (Å²) in [5, 5.41) is 0. The molecule has 0 atom stereocenters. The summed E-state index contributed by atoms with van der Waals surface area (Å²) in [6.45, 7) is 0. The van der Waals surface area contributed by atoms with Crippen LogP contribution in [0.3, 0.4) is 0 Å². The van der Waals surface area contributed by atoms with Crippen molar-refractivity contribution in [3.8, 4) is 0 Å². The van der Waals surface area contributed by atoms with Gasteiger partial charge in [-0.15, -0.1) is 0 Å². The van der Waals surface area contributed by atoms with Crippen LogP contribution in [0.1, 0.15) is 0 Å². The van der Waals surface area contributed by atoms with Gasteiger partial charge in [-0.2, -0.15) is 7.82 Å². The summed E-state index contributed by atoms with van der Waals surface area (Å²) in [5.41, 5.74) is 0. The second kappa shape index (κ2) is 6.96. The number of phosphoric acid groups is 1. The molecule has 4 nitrogen and oxygen atoms in total. The zero-order valence-electron chi connectivity index (χ0n) is 3.66. The standard InChI is InChI=1S/K.H3O4P.Y/c;1-5(2,3)4;/h;(H3,1,2,3,4);/q+1;;+3/p-3. The normalized spacial score (nSPS) is 8.43. The zero-order valence-corrected chi connectivity index (χ0v) is 10.5.